The molecule has 2 N–H and O–H groups in total. The summed E-state index contributed by atoms with van der Waals surface area (Å²) in [5.41, 5.74) is 1.21. The topological polar surface area (TPSA) is 129 Å². The Morgan fingerprint density at radius 1 is 1.12 bits per heavy atom. The smallest absolute Gasteiger partial charge is 0.269 e. The zero-order valence-electron chi connectivity index (χ0n) is 23.6. The number of alkyl halides is 2. The Morgan fingerprint density at radius 3 is 2.62 bits per heavy atom. The number of aliphatic hydroxyl groups excluding tert-OH is 1. The molecule has 2 fully saturated rings. The zero-order chi connectivity index (χ0) is 29.3. The van der Waals surface area contributed by atoms with Crippen LogP contribution in [-0.4, -0.2) is 63.1 Å². The average molecular weight is 580 g/mol. The summed E-state index contributed by atoms with van der Waals surface area (Å²) in [5.74, 6) is 2.21. The minimum absolute atomic E-state index is 0.0872. The maximum absolute atomic E-state index is 14.6. The van der Waals surface area contributed by atoms with Gasteiger partial charge in [-0.1, -0.05) is 20.8 Å². The van der Waals surface area contributed by atoms with Crippen molar-refractivity contribution in [2.75, 3.05) is 18.5 Å². The molecule has 1 saturated carbocycles. The van der Waals surface area contributed by atoms with E-state index in [-0.39, 0.29) is 46.5 Å². The zero-order valence-corrected chi connectivity index (χ0v) is 23.6. The quantitative estimate of drug-likeness (QED) is 0.280. The van der Waals surface area contributed by atoms with Crippen LogP contribution in [0.1, 0.15) is 69.1 Å². The molecule has 2 atom stereocenters. The number of aliphatic hydroxyl groups is 1. The monoisotopic (exact) mass is 579 g/mol. The molecular weight excluding hydrogens is 548 g/mol. The Kier molecular flexibility index (Phi) is 6.17. The number of nitrogens with one attached hydrogen (secondary N) is 1. The lowest BCUT2D eigenvalue weighted by Gasteiger charge is -2.24. The van der Waals surface area contributed by atoms with Gasteiger partial charge in [0.15, 0.2) is 28.6 Å². The van der Waals surface area contributed by atoms with Crippen LogP contribution >= 0.6 is 0 Å². The van der Waals surface area contributed by atoms with E-state index in [4.69, 9.17) is 14.6 Å². The Morgan fingerprint density at radius 2 is 1.93 bits per heavy atom. The van der Waals surface area contributed by atoms with Crippen LogP contribution in [0.25, 0.3) is 16.8 Å². The van der Waals surface area contributed by atoms with Gasteiger partial charge < -0.3 is 24.5 Å². The first-order valence-corrected chi connectivity index (χ1v) is 13.9. The maximum Gasteiger partial charge on any atom is 0.269 e. The van der Waals surface area contributed by atoms with Gasteiger partial charge in [0, 0.05) is 30.1 Å². The highest BCUT2D eigenvalue weighted by atomic mass is 19.3. The van der Waals surface area contributed by atoms with Crippen LogP contribution in [0.3, 0.4) is 0 Å². The second-order valence-corrected chi connectivity index (χ2v) is 11.9. The summed E-state index contributed by atoms with van der Waals surface area (Å²) in [4.78, 5) is 17.7. The largest absolute Gasteiger partial charge is 0.452 e. The average Bonchev–Trinajstić information content (AvgIpc) is 3.22. The molecule has 1 unspecified atom stereocenters. The van der Waals surface area contributed by atoms with Gasteiger partial charge in [0.2, 0.25) is 5.95 Å². The molecule has 220 valence electrons. The predicted molar refractivity (Wildman–Crippen MR) is 149 cm³/mol. The molecule has 12 nitrogen and oxygen atoms in total. The summed E-state index contributed by atoms with van der Waals surface area (Å²) in [5, 5.41) is 18.3. The number of aryl methyl sites for hydroxylation is 1. The van der Waals surface area contributed by atoms with E-state index in [2.05, 4.69) is 46.0 Å². The van der Waals surface area contributed by atoms with Crippen LogP contribution in [0, 0.1) is 0 Å². The number of ether oxygens (including phenoxy) is 2. The highest BCUT2D eigenvalue weighted by Crippen LogP contribution is 2.41. The van der Waals surface area contributed by atoms with Crippen molar-refractivity contribution in [3.05, 3.63) is 47.9 Å². The standard InChI is InChI=1S/C28H31F2N9O3/c1-28(2,3)19-7-20(36-39(19)16-12-41-13-17(16)40)34-27-35-25-23(37(27)4)22(24(29)30)18(9-32-25)42-15-8-31-21-10-33-26(14-5-6-14)38(21)11-15/h7-11,14,16-17,24,40H,5-6,12-13H2,1-4H3,(H,32,34,35,36)/t16?,17-/m0/s1. The summed E-state index contributed by atoms with van der Waals surface area (Å²) in [6.45, 7) is 6.73. The molecule has 0 bridgehead atoms. The number of halogens is 2. The Bertz CT molecular complexity index is 1800. The van der Waals surface area contributed by atoms with E-state index in [0.29, 0.717) is 29.7 Å². The molecule has 0 aromatic carbocycles. The predicted octanol–water partition coefficient (Wildman–Crippen LogP) is 4.79. The Labute approximate surface area is 239 Å². The van der Waals surface area contributed by atoms with Crippen molar-refractivity contribution < 1.29 is 23.4 Å². The number of nitrogens with zero attached hydrogens (tertiary/aromatic N) is 8. The van der Waals surface area contributed by atoms with Crippen molar-refractivity contribution in [2.45, 2.75) is 63.5 Å². The lowest BCUT2D eigenvalue weighted by atomic mass is 9.91. The van der Waals surface area contributed by atoms with E-state index in [1.165, 1.54) is 17.0 Å². The number of anilines is 2. The molecule has 5 aromatic heterocycles. The third-order valence-electron chi connectivity index (χ3n) is 7.76. The number of rotatable bonds is 7. The molecule has 5 aromatic rings. The van der Waals surface area contributed by atoms with Gasteiger partial charge in [-0.25, -0.2) is 23.7 Å². The number of hydrogen-bond acceptors (Lipinski definition) is 9. The van der Waals surface area contributed by atoms with Crippen LogP contribution in [0.4, 0.5) is 20.5 Å². The molecule has 1 aliphatic carbocycles. The van der Waals surface area contributed by atoms with Gasteiger partial charge in [-0.15, -0.1) is 0 Å². The first-order valence-electron chi connectivity index (χ1n) is 13.9. The molecule has 0 radical (unpaired) electrons. The molecular formula is C28H31F2N9O3. The van der Waals surface area contributed by atoms with Crippen LogP contribution in [0.5, 0.6) is 11.5 Å². The van der Waals surface area contributed by atoms with Crippen molar-refractivity contribution >= 4 is 28.6 Å². The molecule has 0 amide bonds. The number of hydrogen-bond donors (Lipinski definition) is 2. The van der Waals surface area contributed by atoms with Gasteiger partial charge in [-0.3, -0.25) is 9.08 Å². The van der Waals surface area contributed by atoms with Crippen molar-refractivity contribution in [1.29, 1.82) is 0 Å². The van der Waals surface area contributed by atoms with Gasteiger partial charge in [0.1, 0.15) is 23.5 Å². The van der Waals surface area contributed by atoms with Crippen molar-refractivity contribution in [1.82, 2.24) is 38.7 Å². The Hall–Kier alpha value is -4.17. The molecule has 1 aliphatic heterocycles. The second-order valence-electron chi connectivity index (χ2n) is 11.9. The molecule has 42 heavy (non-hydrogen) atoms. The van der Waals surface area contributed by atoms with E-state index in [0.717, 1.165) is 24.4 Å². The lowest BCUT2D eigenvalue weighted by Crippen LogP contribution is -2.28. The van der Waals surface area contributed by atoms with E-state index < -0.39 is 12.5 Å². The highest BCUT2D eigenvalue weighted by molar-refractivity contribution is 5.81. The fourth-order valence-electron chi connectivity index (χ4n) is 5.44. The lowest BCUT2D eigenvalue weighted by molar-refractivity contribution is 0.117. The van der Waals surface area contributed by atoms with Gasteiger partial charge in [-0.05, 0) is 12.8 Å². The fraction of sp³-hybridized carbons (Fsp3) is 0.464. The van der Waals surface area contributed by atoms with Gasteiger partial charge >= 0.3 is 0 Å². The number of pyridine rings is 1. The molecule has 6 heterocycles. The number of imidazole rings is 2. The van der Waals surface area contributed by atoms with Gasteiger partial charge in [0.05, 0.1) is 43.6 Å². The van der Waals surface area contributed by atoms with Crippen molar-refractivity contribution in [3.63, 3.8) is 0 Å². The fourth-order valence-corrected chi connectivity index (χ4v) is 5.44. The number of fused-ring (bicyclic) bond motifs is 2. The minimum Gasteiger partial charge on any atom is -0.452 e. The second kappa shape index (κ2) is 9.70. The molecule has 14 heteroatoms. The normalized spacial score (nSPS) is 19.4. The van der Waals surface area contributed by atoms with Crippen LogP contribution in [0.2, 0.25) is 0 Å². The highest BCUT2D eigenvalue weighted by Gasteiger charge is 2.34. The maximum atomic E-state index is 14.6. The van der Waals surface area contributed by atoms with Crippen LogP contribution in [0.15, 0.2) is 30.9 Å². The first kappa shape index (κ1) is 26.7. The first-order chi connectivity index (χ1) is 20.1. The molecule has 7 rings (SSSR count). The molecule has 1 saturated heterocycles. The third-order valence-corrected chi connectivity index (χ3v) is 7.76. The van der Waals surface area contributed by atoms with E-state index in [1.54, 1.807) is 24.1 Å². The van der Waals surface area contributed by atoms with Crippen molar-refractivity contribution in [3.8, 4) is 11.5 Å². The van der Waals surface area contributed by atoms with E-state index in [1.807, 2.05) is 10.5 Å². The van der Waals surface area contributed by atoms with E-state index in [9.17, 15) is 13.9 Å². The number of aromatic nitrogens is 8. The summed E-state index contributed by atoms with van der Waals surface area (Å²) < 4.78 is 45.7. The van der Waals surface area contributed by atoms with E-state index >= 15 is 0 Å². The van der Waals surface area contributed by atoms with Crippen LogP contribution < -0.4 is 10.1 Å². The molecule has 0 spiro atoms. The minimum atomic E-state index is -2.86. The van der Waals surface area contributed by atoms with Crippen LogP contribution in [-0.2, 0) is 17.2 Å². The summed E-state index contributed by atoms with van der Waals surface area (Å²) in [7, 11) is 1.63. The Balaban J connectivity index is 1.24. The summed E-state index contributed by atoms with van der Waals surface area (Å²) in [6.07, 6.45) is 4.72. The van der Waals surface area contributed by atoms with Crippen molar-refractivity contribution in [2.24, 2.45) is 7.05 Å². The summed E-state index contributed by atoms with van der Waals surface area (Å²) >= 11 is 0. The van der Waals surface area contributed by atoms with Gasteiger partial charge in [-0.2, -0.15) is 10.1 Å². The third kappa shape index (κ3) is 4.54. The SMILES string of the molecule is Cn1c(Nc2cc(C(C)(C)C)n(C3COC[C@@H]3O)n2)nc2ncc(Oc3cnc4cnc(C5CC5)n4c3)c(C(F)F)c21. The van der Waals surface area contributed by atoms with Gasteiger partial charge in [0.25, 0.3) is 6.43 Å². The molecule has 2 aliphatic rings. The summed E-state index contributed by atoms with van der Waals surface area (Å²) in [6, 6.07) is 1.54.